The van der Waals surface area contributed by atoms with Gasteiger partial charge in [-0.1, -0.05) is 32.9 Å². The fraction of sp³-hybridized carbons (Fsp3) is 0.700. The van der Waals surface area contributed by atoms with E-state index in [-0.39, 0.29) is 17.4 Å². The van der Waals surface area contributed by atoms with E-state index in [0.29, 0.717) is 6.61 Å². The maximum absolute atomic E-state index is 12.8. The van der Waals surface area contributed by atoms with Gasteiger partial charge in [-0.15, -0.1) is 0 Å². The molecule has 1 aliphatic carbocycles. The molecule has 0 saturated heterocycles. The Balaban J connectivity index is 2.40. The van der Waals surface area contributed by atoms with Gasteiger partial charge in [-0.3, -0.25) is 9.59 Å². The summed E-state index contributed by atoms with van der Waals surface area (Å²) >= 11 is 0. The molecule has 0 radical (unpaired) electrons. The first-order valence-corrected chi connectivity index (χ1v) is 12.1. The molecule has 0 N–H and O–H groups in total. The van der Waals surface area contributed by atoms with E-state index in [1.54, 1.807) is 6.26 Å². The highest BCUT2D eigenvalue weighted by molar-refractivity contribution is 6.74. The highest BCUT2D eigenvalue weighted by Gasteiger charge is 2.65. The van der Waals surface area contributed by atoms with Crippen molar-refractivity contribution in [3.63, 3.8) is 0 Å². The van der Waals surface area contributed by atoms with E-state index in [1.165, 1.54) is 14.2 Å². The van der Waals surface area contributed by atoms with Crippen molar-refractivity contribution in [3.8, 4) is 0 Å². The normalized spacial score (nSPS) is 26.9. The van der Waals surface area contributed by atoms with Gasteiger partial charge in [0.1, 0.15) is 6.10 Å². The van der Waals surface area contributed by atoms with Crippen LogP contribution in [-0.4, -0.2) is 47.2 Å². The molecule has 1 aliphatic heterocycles. The van der Waals surface area contributed by atoms with E-state index in [9.17, 15) is 9.59 Å². The minimum Gasteiger partial charge on any atom is -0.496 e. The molecule has 152 valence electrons. The second-order valence-corrected chi connectivity index (χ2v) is 13.7. The highest BCUT2D eigenvalue weighted by Crippen LogP contribution is 2.55. The third-order valence-electron chi connectivity index (χ3n) is 6.39. The van der Waals surface area contributed by atoms with Gasteiger partial charge < -0.3 is 18.6 Å². The van der Waals surface area contributed by atoms with Crippen molar-refractivity contribution in [1.29, 1.82) is 0 Å². The van der Waals surface area contributed by atoms with Crippen LogP contribution in [-0.2, 0) is 28.2 Å². The Morgan fingerprint density at radius 1 is 1.26 bits per heavy atom. The maximum atomic E-state index is 12.8. The van der Waals surface area contributed by atoms with Gasteiger partial charge in [0.25, 0.3) is 0 Å². The van der Waals surface area contributed by atoms with Gasteiger partial charge in [0.2, 0.25) is 0 Å². The summed E-state index contributed by atoms with van der Waals surface area (Å²) in [5.41, 5.74) is -0.662. The Morgan fingerprint density at radius 2 is 1.81 bits per heavy atom. The van der Waals surface area contributed by atoms with E-state index in [1.807, 2.05) is 6.08 Å². The fourth-order valence-electron chi connectivity index (χ4n) is 3.79. The quantitative estimate of drug-likeness (QED) is 0.307. The van der Waals surface area contributed by atoms with E-state index >= 15 is 0 Å². The number of carbonyl (C=O) groups excluding carboxylic acids is 2. The number of hydrogen-bond acceptors (Lipinski definition) is 6. The van der Waals surface area contributed by atoms with Gasteiger partial charge in [0.05, 0.1) is 27.1 Å². The molecule has 0 unspecified atom stereocenters. The van der Waals surface area contributed by atoms with Crippen LogP contribution in [0.4, 0.5) is 0 Å². The van der Waals surface area contributed by atoms with Crippen LogP contribution in [0.5, 0.6) is 0 Å². The Labute approximate surface area is 163 Å². The van der Waals surface area contributed by atoms with Crippen LogP contribution in [0.1, 0.15) is 27.2 Å². The minimum absolute atomic E-state index is 0.0397. The summed E-state index contributed by atoms with van der Waals surface area (Å²) in [4.78, 5) is 25.5. The monoisotopic (exact) mass is 396 g/mol. The average molecular weight is 397 g/mol. The lowest BCUT2D eigenvalue weighted by molar-refractivity contribution is -0.177. The first-order chi connectivity index (χ1) is 12.4. The van der Waals surface area contributed by atoms with Gasteiger partial charge in [-0.05, 0) is 30.6 Å². The SMILES string of the molecule is C=C1CC(C(=O)OC)(C(=O)OC)[C@H]2[C@@H]1C=CO[C@@H]2CO[Si](C)(C)C(C)(C)C. The Hall–Kier alpha value is -1.60. The molecular formula is C20H32O6Si. The molecule has 1 heterocycles. The van der Waals surface area contributed by atoms with Gasteiger partial charge >= 0.3 is 11.9 Å². The lowest BCUT2D eigenvalue weighted by atomic mass is 9.71. The number of rotatable bonds is 5. The molecule has 0 aromatic heterocycles. The smallest absolute Gasteiger partial charge is 0.324 e. The predicted molar refractivity (Wildman–Crippen MR) is 104 cm³/mol. The molecule has 0 spiro atoms. The number of methoxy groups -OCH3 is 2. The standard InChI is InChI=1S/C20H32O6Si/c1-13-11-20(17(21)23-5,18(22)24-6)16-14(13)9-10-25-15(16)12-26-27(7,8)19(2,3)4/h9-10,14-16H,1,11-12H2,2-8H3/t14-,15-,16+/m1/s1. The zero-order valence-electron chi connectivity index (χ0n) is 17.5. The number of esters is 2. The molecule has 0 bridgehead atoms. The Morgan fingerprint density at radius 3 is 2.30 bits per heavy atom. The minimum atomic E-state index is -2.03. The lowest BCUT2D eigenvalue weighted by Gasteiger charge is -2.41. The zero-order valence-corrected chi connectivity index (χ0v) is 18.5. The summed E-state index contributed by atoms with van der Waals surface area (Å²) in [6, 6.07) is 0. The maximum Gasteiger partial charge on any atom is 0.324 e. The second-order valence-electron chi connectivity index (χ2n) is 8.92. The van der Waals surface area contributed by atoms with Crippen molar-refractivity contribution in [2.24, 2.45) is 17.3 Å². The summed E-state index contributed by atoms with van der Waals surface area (Å²) in [5, 5.41) is 0.0397. The fourth-order valence-corrected chi connectivity index (χ4v) is 4.80. The molecule has 7 heteroatoms. The highest BCUT2D eigenvalue weighted by atomic mass is 28.4. The van der Waals surface area contributed by atoms with Gasteiger partial charge in [-0.2, -0.15) is 0 Å². The topological polar surface area (TPSA) is 71.1 Å². The number of allylic oxidation sites excluding steroid dienone is 2. The summed E-state index contributed by atoms with van der Waals surface area (Å²) in [6.45, 7) is 15.2. The number of hydrogen-bond donors (Lipinski definition) is 0. The molecule has 1 fully saturated rings. The summed E-state index contributed by atoms with van der Waals surface area (Å²) in [6.07, 6.45) is 3.19. The number of carbonyl (C=O) groups is 2. The van der Waals surface area contributed by atoms with Crippen molar-refractivity contribution in [1.82, 2.24) is 0 Å². The molecular weight excluding hydrogens is 364 g/mol. The summed E-state index contributed by atoms with van der Waals surface area (Å²) in [7, 11) is 0.537. The van der Waals surface area contributed by atoms with Crippen LogP contribution >= 0.6 is 0 Å². The molecule has 1 saturated carbocycles. The molecule has 0 amide bonds. The van der Waals surface area contributed by atoms with Crippen molar-refractivity contribution in [2.75, 3.05) is 20.8 Å². The van der Waals surface area contributed by atoms with Crippen molar-refractivity contribution in [3.05, 3.63) is 24.5 Å². The van der Waals surface area contributed by atoms with Crippen molar-refractivity contribution in [2.45, 2.75) is 51.4 Å². The summed E-state index contributed by atoms with van der Waals surface area (Å²) in [5.74, 6) is -1.86. The molecule has 2 aliphatic rings. The molecule has 0 aromatic rings. The van der Waals surface area contributed by atoms with Crippen molar-refractivity contribution >= 4 is 20.3 Å². The van der Waals surface area contributed by atoms with Crippen LogP contribution in [0.25, 0.3) is 0 Å². The number of fused-ring (bicyclic) bond motifs is 1. The number of ether oxygens (including phenoxy) is 3. The second kappa shape index (κ2) is 7.43. The van der Waals surface area contributed by atoms with Crippen LogP contribution in [0, 0.1) is 17.3 Å². The summed E-state index contributed by atoms with van der Waals surface area (Å²) < 4.78 is 22.2. The lowest BCUT2D eigenvalue weighted by Crippen LogP contribution is -2.53. The first-order valence-electron chi connectivity index (χ1n) is 9.23. The first kappa shape index (κ1) is 21.7. The molecule has 6 nitrogen and oxygen atoms in total. The van der Waals surface area contributed by atoms with Crippen LogP contribution in [0.2, 0.25) is 18.1 Å². The largest absolute Gasteiger partial charge is 0.496 e. The molecule has 0 aromatic carbocycles. The van der Waals surface area contributed by atoms with Gasteiger partial charge in [0.15, 0.2) is 13.7 Å². The molecule has 3 atom stereocenters. The predicted octanol–water partition coefficient (Wildman–Crippen LogP) is 3.45. The van der Waals surface area contributed by atoms with Gasteiger partial charge in [-0.25, -0.2) is 0 Å². The van der Waals surface area contributed by atoms with Gasteiger partial charge in [0, 0.05) is 11.8 Å². The van der Waals surface area contributed by atoms with E-state index in [0.717, 1.165) is 5.57 Å². The van der Waals surface area contributed by atoms with E-state index in [4.69, 9.17) is 18.6 Å². The third-order valence-corrected chi connectivity index (χ3v) is 10.9. The van der Waals surface area contributed by atoms with Crippen LogP contribution < -0.4 is 0 Å². The Kier molecular flexibility index (Phi) is 5.97. The molecule has 27 heavy (non-hydrogen) atoms. The van der Waals surface area contributed by atoms with E-state index in [2.05, 4.69) is 40.4 Å². The average Bonchev–Trinajstić information content (AvgIpc) is 2.92. The van der Waals surface area contributed by atoms with Crippen molar-refractivity contribution < 1.29 is 28.2 Å². The third kappa shape index (κ3) is 3.59. The Bertz CT molecular complexity index is 629. The zero-order chi connectivity index (χ0) is 20.6. The van der Waals surface area contributed by atoms with Crippen LogP contribution in [0.3, 0.4) is 0 Å². The van der Waals surface area contributed by atoms with E-state index < -0.39 is 37.7 Å². The molecule has 2 rings (SSSR count). The van der Waals surface area contributed by atoms with Crippen LogP contribution in [0.15, 0.2) is 24.5 Å².